The van der Waals surface area contributed by atoms with Crippen LogP contribution in [0.3, 0.4) is 0 Å². The van der Waals surface area contributed by atoms with Gasteiger partial charge in [-0.25, -0.2) is 4.79 Å². The highest BCUT2D eigenvalue weighted by atomic mass is 32.5. The minimum absolute atomic E-state index is 0.00334. The van der Waals surface area contributed by atoms with E-state index in [1.807, 2.05) is 0 Å². The number of esters is 1. The van der Waals surface area contributed by atoms with E-state index in [0.29, 0.717) is 12.1 Å². The summed E-state index contributed by atoms with van der Waals surface area (Å²) in [4.78, 5) is 34.2. The molecule has 0 aliphatic carbocycles. The van der Waals surface area contributed by atoms with Gasteiger partial charge in [-0.05, 0) is 29.8 Å². The number of hydrogen-bond acceptors (Lipinski definition) is 6. The molecule has 34 heavy (non-hydrogen) atoms. The van der Waals surface area contributed by atoms with Crippen LogP contribution in [-0.2, 0) is 25.6 Å². The Labute approximate surface area is 190 Å². The zero-order valence-corrected chi connectivity index (χ0v) is 18.3. The first-order chi connectivity index (χ1) is 15.7. The van der Waals surface area contributed by atoms with Gasteiger partial charge in [-0.2, -0.15) is 0 Å². The van der Waals surface area contributed by atoms with Crippen LogP contribution in [0.25, 0.3) is 0 Å². The van der Waals surface area contributed by atoms with Crippen molar-refractivity contribution in [1.29, 1.82) is 0 Å². The van der Waals surface area contributed by atoms with Crippen LogP contribution in [0.1, 0.15) is 22.3 Å². The second kappa shape index (κ2) is 8.55. The van der Waals surface area contributed by atoms with Crippen molar-refractivity contribution in [3.05, 3.63) is 65.7 Å². The SMILES string of the molecule is O=C(CC1(NC(=O)OCc2ccccc2)COC1)OCC(=O)c1ccc(S(F)(F)(F)(F)F)cc1. The van der Waals surface area contributed by atoms with E-state index < -0.39 is 45.1 Å². The number of ether oxygens (including phenoxy) is 3. The molecular weight excluding hydrogens is 489 g/mol. The third kappa shape index (κ3) is 6.90. The summed E-state index contributed by atoms with van der Waals surface area (Å²) in [6, 6.07) is 10.2. The topological polar surface area (TPSA) is 90.9 Å². The first kappa shape index (κ1) is 25.4. The predicted molar refractivity (Wildman–Crippen MR) is 111 cm³/mol. The van der Waals surface area contributed by atoms with Gasteiger partial charge in [-0.3, -0.25) is 9.59 Å². The van der Waals surface area contributed by atoms with Gasteiger partial charge < -0.3 is 19.5 Å². The molecular formula is C21H20F5NO6S. The molecule has 0 unspecified atom stereocenters. The molecule has 2 aromatic carbocycles. The number of Topliss-reactive ketones (excluding diaryl/α,β-unsaturated/α-hetero) is 1. The molecule has 0 aromatic heterocycles. The maximum absolute atomic E-state index is 12.8. The van der Waals surface area contributed by atoms with Crippen molar-refractivity contribution in [3.8, 4) is 0 Å². The second-order valence-electron chi connectivity index (χ2n) is 7.71. The summed E-state index contributed by atoms with van der Waals surface area (Å²) in [7, 11) is -9.85. The van der Waals surface area contributed by atoms with Gasteiger partial charge in [0, 0.05) is 5.56 Å². The van der Waals surface area contributed by atoms with Crippen LogP contribution in [0.5, 0.6) is 0 Å². The number of amides is 1. The standard InChI is InChI=1S/C21H20F5NO6S/c22-34(23,24,25,26)17-8-6-16(7-9-17)18(28)12-32-19(29)10-21(13-31-14-21)27-20(30)33-11-15-4-2-1-3-5-15/h1-9H,10-14H2,(H,27,30). The van der Waals surface area contributed by atoms with E-state index in [9.17, 15) is 33.8 Å². The van der Waals surface area contributed by atoms with Gasteiger partial charge in [-0.1, -0.05) is 49.8 Å². The van der Waals surface area contributed by atoms with Gasteiger partial charge in [-0.15, -0.1) is 0 Å². The van der Waals surface area contributed by atoms with Crippen molar-refractivity contribution in [1.82, 2.24) is 5.32 Å². The van der Waals surface area contributed by atoms with Crippen molar-refractivity contribution in [3.63, 3.8) is 0 Å². The molecule has 1 amide bonds. The monoisotopic (exact) mass is 509 g/mol. The summed E-state index contributed by atoms with van der Waals surface area (Å²) >= 11 is 0. The molecule has 1 N–H and O–H groups in total. The maximum atomic E-state index is 12.8. The Morgan fingerprint density at radius 3 is 2.06 bits per heavy atom. The number of alkyl carbamates (subject to hydrolysis) is 1. The predicted octanol–water partition coefficient (Wildman–Crippen LogP) is 5.16. The van der Waals surface area contributed by atoms with E-state index in [4.69, 9.17) is 14.2 Å². The molecule has 1 saturated heterocycles. The van der Waals surface area contributed by atoms with Gasteiger partial charge in [0.15, 0.2) is 12.4 Å². The highest BCUT2D eigenvalue weighted by Crippen LogP contribution is 3.02. The zero-order valence-electron chi connectivity index (χ0n) is 17.5. The van der Waals surface area contributed by atoms with Crippen molar-refractivity contribution in [2.24, 2.45) is 0 Å². The molecule has 0 bridgehead atoms. The van der Waals surface area contributed by atoms with Crippen molar-refractivity contribution < 1.29 is 48.0 Å². The minimum atomic E-state index is -9.85. The van der Waals surface area contributed by atoms with Crippen LogP contribution in [0.15, 0.2) is 59.5 Å². The molecule has 1 aliphatic rings. The van der Waals surface area contributed by atoms with Gasteiger partial charge in [0.1, 0.15) is 17.0 Å². The van der Waals surface area contributed by atoms with Crippen LogP contribution in [-0.4, -0.2) is 43.2 Å². The van der Waals surface area contributed by atoms with Crippen LogP contribution >= 0.6 is 10.2 Å². The summed E-state index contributed by atoms with van der Waals surface area (Å²) in [5.74, 6) is -1.78. The second-order valence-corrected chi connectivity index (χ2v) is 10.1. The first-order valence-corrected chi connectivity index (χ1v) is 11.7. The minimum Gasteiger partial charge on any atom is -0.457 e. The lowest BCUT2D eigenvalue weighted by Gasteiger charge is -2.40. The molecule has 0 spiro atoms. The number of carbonyl (C=O) groups excluding carboxylic acids is 3. The van der Waals surface area contributed by atoms with E-state index in [0.717, 1.165) is 5.56 Å². The fourth-order valence-corrected chi connectivity index (χ4v) is 3.65. The average Bonchev–Trinajstić information content (AvgIpc) is 2.74. The van der Waals surface area contributed by atoms with Crippen LogP contribution in [0, 0.1) is 0 Å². The van der Waals surface area contributed by atoms with Gasteiger partial charge >= 0.3 is 22.3 Å². The Hall–Kier alpha value is -3.19. The number of halogens is 5. The lowest BCUT2D eigenvalue weighted by Crippen LogP contribution is -2.63. The molecule has 0 atom stereocenters. The third-order valence-corrected chi connectivity index (χ3v) is 5.97. The Morgan fingerprint density at radius 2 is 1.53 bits per heavy atom. The van der Waals surface area contributed by atoms with E-state index in [-0.39, 0.29) is 43.9 Å². The lowest BCUT2D eigenvalue weighted by atomic mass is 9.93. The number of rotatable bonds is 9. The van der Waals surface area contributed by atoms with Gasteiger partial charge in [0.25, 0.3) is 0 Å². The Balaban J connectivity index is 1.49. The van der Waals surface area contributed by atoms with Crippen LogP contribution in [0.2, 0.25) is 0 Å². The number of carbonyl (C=O) groups is 3. The Morgan fingerprint density at radius 1 is 0.912 bits per heavy atom. The highest BCUT2D eigenvalue weighted by molar-refractivity contribution is 8.45. The third-order valence-electron chi connectivity index (χ3n) is 4.81. The molecule has 1 heterocycles. The molecule has 3 rings (SSSR count). The molecule has 7 nitrogen and oxygen atoms in total. The van der Waals surface area contributed by atoms with E-state index in [1.165, 1.54) is 0 Å². The van der Waals surface area contributed by atoms with Gasteiger partial charge in [0.2, 0.25) is 0 Å². The summed E-state index contributed by atoms with van der Waals surface area (Å²) in [5.41, 5.74) is -0.692. The largest absolute Gasteiger partial charge is 0.457 e. The molecule has 0 saturated carbocycles. The summed E-state index contributed by atoms with van der Waals surface area (Å²) < 4.78 is 78.8. The summed E-state index contributed by atoms with van der Waals surface area (Å²) in [6.07, 6.45) is -1.15. The molecule has 1 fully saturated rings. The quantitative estimate of drug-likeness (QED) is 0.286. The molecule has 186 valence electrons. The van der Waals surface area contributed by atoms with Crippen molar-refractivity contribution in [2.75, 3.05) is 19.8 Å². The van der Waals surface area contributed by atoms with Crippen LogP contribution in [0.4, 0.5) is 24.2 Å². The summed E-state index contributed by atoms with van der Waals surface area (Å²) in [5, 5.41) is 2.53. The van der Waals surface area contributed by atoms with E-state index >= 15 is 0 Å². The Bertz CT molecular complexity index is 1070. The molecule has 2 aromatic rings. The first-order valence-electron chi connectivity index (χ1n) is 9.75. The normalized spacial score (nSPS) is 16.9. The smallest absolute Gasteiger partial charge is 0.408 e. The lowest BCUT2D eigenvalue weighted by molar-refractivity contribution is -0.151. The number of ketones is 1. The van der Waals surface area contributed by atoms with Crippen molar-refractivity contribution in [2.45, 2.75) is 23.5 Å². The molecule has 13 heteroatoms. The van der Waals surface area contributed by atoms with Gasteiger partial charge in [0.05, 0.1) is 19.6 Å². The number of benzene rings is 2. The van der Waals surface area contributed by atoms with Crippen molar-refractivity contribution >= 4 is 28.1 Å². The fourth-order valence-electron chi connectivity index (χ4n) is 3.00. The number of hydrogen-bond donors (Lipinski definition) is 1. The maximum Gasteiger partial charge on any atom is 0.408 e. The Kier molecular flexibility index (Phi) is 6.39. The molecule has 1 aliphatic heterocycles. The average molecular weight is 509 g/mol. The fraction of sp³-hybridized carbons (Fsp3) is 0.286. The highest BCUT2D eigenvalue weighted by Gasteiger charge is 2.65. The summed E-state index contributed by atoms with van der Waals surface area (Å²) in [6.45, 7) is -0.841. The zero-order chi connectivity index (χ0) is 25.1. The number of nitrogens with one attached hydrogen (secondary N) is 1. The van der Waals surface area contributed by atoms with Crippen LogP contribution < -0.4 is 5.32 Å². The van der Waals surface area contributed by atoms with E-state index in [1.54, 1.807) is 30.3 Å². The van der Waals surface area contributed by atoms with E-state index in [2.05, 4.69) is 5.32 Å². The molecule has 0 radical (unpaired) electrons.